The molecular formula is C24H22N4O3. The number of amides is 2. The maximum absolute atomic E-state index is 12.9. The van der Waals surface area contributed by atoms with Gasteiger partial charge in [0, 0.05) is 46.4 Å². The molecule has 3 heterocycles. The topological polar surface area (TPSA) is 99.2 Å². The maximum Gasteiger partial charge on any atom is 0.259 e. The van der Waals surface area contributed by atoms with Crippen LogP contribution in [-0.2, 0) is 16.1 Å². The first kappa shape index (κ1) is 19.1. The normalized spacial score (nSPS) is 14.2. The van der Waals surface area contributed by atoms with E-state index < -0.39 is 11.8 Å². The summed E-state index contributed by atoms with van der Waals surface area (Å²) in [5, 5.41) is 17.7. The lowest BCUT2D eigenvalue weighted by Gasteiger charge is -2.06. The van der Waals surface area contributed by atoms with E-state index in [2.05, 4.69) is 15.6 Å². The van der Waals surface area contributed by atoms with Crippen molar-refractivity contribution in [2.45, 2.75) is 13.0 Å². The minimum Gasteiger partial charge on any atom is -0.506 e. The van der Waals surface area contributed by atoms with Gasteiger partial charge in [-0.1, -0.05) is 30.3 Å². The lowest BCUT2D eigenvalue weighted by Crippen LogP contribution is -2.22. The van der Waals surface area contributed by atoms with Crippen molar-refractivity contribution in [2.24, 2.45) is 0 Å². The largest absolute Gasteiger partial charge is 0.506 e. The number of phenols is 1. The molecule has 7 heteroatoms. The maximum atomic E-state index is 12.9. The Morgan fingerprint density at radius 3 is 2.52 bits per heavy atom. The summed E-state index contributed by atoms with van der Waals surface area (Å²) in [6, 6.07) is 12.9. The fourth-order valence-electron chi connectivity index (χ4n) is 4.39. The molecule has 0 aliphatic carbocycles. The third-order valence-corrected chi connectivity index (χ3v) is 5.76. The first-order chi connectivity index (χ1) is 15.1. The van der Waals surface area contributed by atoms with Crippen LogP contribution in [0.25, 0.3) is 33.0 Å². The summed E-state index contributed by atoms with van der Waals surface area (Å²) in [6.07, 6.45) is 4.48. The minimum atomic E-state index is -0.428. The number of H-pyrrole nitrogens is 1. The number of benzene rings is 2. The molecule has 0 saturated carbocycles. The van der Waals surface area contributed by atoms with E-state index in [1.807, 2.05) is 48.1 Å². The SMILES string of the molecule is CNCCCn1cc(C2=C(c3c[nH]c4ccccc34)C(=O)NC2=O)c2cccc(O)c21. The summed E-state index contributed by atoms with van der Waals surface area (Å²) in [6.45, 7) is 1.49. The molecule has 2 aromatic heterocycles. The molecule has 0 bridgehead atoms. The molecule has 4 N–H and O–H groups in total. The Morgan fingerprint density at radius 1 is 0.968 bits per heavy atom. The number of hydrogen-bond acceptors (Lipinski definition) is 4. The molecule has 0 atom stereocenters. The standard InChI is InChI=1S/C24H22N4O3/c1-25-10-5-11-28-13-17(15-7-4-9-19(29)22(15)28)21-20(23(30)27-24(21)31)16-12-26-18-8-3-2-6-14(16)18/h2-4,6-9,12-13,25-26,29H,5,10-11H2,1H3,(H,27,30,31). The van der Waals surface area contributed by atoms with Gasteiger partial charge in [-0.2, -0.15) is 0 Å². The number of aromatic amines is 1. The second-order valence-electron chi connectivity index (χ2n) is 7.65. The summed E-state index contributed by atoms with van der Waals surface area (Å²) in [7, 11) is 1.89. The molecule has 0 unspecified atom stereocenters. The number of fused-ring (bicyclic) bond motifs is 2. The van der Waals surface area contributed by atoms with Crippen molar-refractivity contribution in [1.82, 2.24) is 20.2 Å². The monoisotopic (exact) mass is 414 g/mol. The van der Waals surface area contributed by atoms with E-state index in [0.717, 1.165) is 29.3 Å². The molecule has 2 aromatic carbocycles. The van der Waals surface area contributed by atoms with Crippen LogP contribution in [-0.4, -0.2) is 40.1 Å². The molecular weight excluding hydrogens is 392 g/mol. The molecule has 0 saturated heterocycles. The van der Waals surface area contributed by atoms with Crippen LogP contribution in [0.2, 0.25) is 0 Å². The number of hydrogen-bond donors (Lipinski definition) is 4. The molecule has 5 rings (SSSR count). The van der Waals surface area contributed by atoms with Gasteiger partial charge in [-0.05, 0) is 32.1 Å². The lowest BCUT2D eigenvalue weighted by molar-refractivity contribution is -0.122. The summed E-state index contributed by atoms with van der Waals surface area (Å²) in [4.78, 5) is 29.0. The van der Waals surface area contributed by atoms with Crippen LogP contribution in [0, 0.1) is 0 Å². The van der Waals surface area contributed by atoms with Crippen LogP contribution >= 0.6 is 0 Å². The van der Waals surface area contributed by atoms with Crippen molar-refractivity contribution >= 4 is 44.8 Å². The van der Waals surface area contributed by atoms with Gasteiger partial charge in [0.15, 0.2) is 0 Å². The number of carbonyl (C=O) groups excluding carboxylic acids is 2. The number of rotatable bonds is 6. The lowest BCUT2D eigenvalue weighted by atomic mass is 9.95. The van der Waals surface area contributed by atoms with Gasteiger partial charge in [-0.25, -0.2) is 0 Å². The van der Waals surface area contributed by atoms with Crippen molar-refractivity contribution < 1.29 is 14.7 Å². The molecule has 0 fully saturated rings. The van der Waals surface area contributed by atoms with Crippen LogP contribution < -0.4 is 10.6 Å². The predicted octanol–water partition coefficient (Wildman–Crippen LogP) is 3.00. The summed E-state index contributed by atoms with van der Waals surface area (Å²) < 4.78 is 1.95. The van der Waals surface area contributed by atoms with Gasteiger partial charge in [-0.3, -0.25) is 14.9 Å². The molecule has 7 nitrogen and oxygen atoms in total. The van der Waals surface area contributed by atoms with E-state index >= 15 is 0 Å². The second kappa shape index (κ2) is 7.45. The zero-order valence-electron chi connectivity index (χ0n) is 17.0. The van der Waals surface area contributed by atoms with Gasteiger partial charge in [-0.15, -0.1) is 0 Å². The van der Waals surface area contributed by atoms with Crippen molar-refractivity contribution in [1.29, 1.82) is 0 Å². The molecule has 1 aliphatic rings. The van der Waals surface area contributed by atoms with Gasteiger partial charge in [0.2, 0.25) is 0 Å². The molecule has 0 spiro atoms. The van der Waals surface area contributed by atoms with Gasteiger partial charge in [0.1, 0.15) is 5.75 Å². The van der Waals surface area contributed by atoms with E-state index in [1.54, 1.807) is 18.3 Å². The van der Waals surface area contributed by atoms with Crippen LogP contribution in [0.4, 0.5) is 0 Å². The average molecular weight is 414 g/mol. The predicted molar refractivity (Wildman–Crippen MR) is 120 cm³/mol. The average Bonchev–Trinajstić information content (AvgIpc) is 3.42. The Morgan fingerprint density at radius 2 is 1.71 bits per heavy atom. The van der Waals surface area contributed by atoms with E-state index in [9.17, 15) is 14.7 Å². The number of nitrogens with zero attached hydrogens (tertiary/aromatic N) is 1. The Balaban J connectivity index is 1.76. The van der Waals surface area contributed by atoms with E-state index in [1.165, 1.54) is 0 Å². The molecule has 4 aromatic rings. The fraction of sp³-hybridized carbons (Fsp3) is 0.167. The zero-order chi connectivity index (χ0) is 21.5. The number of aromatic hydroxyl groups is 1. The Hall–Kier alpha value is -3.84. The summed E-state index contributed by atoms with van der Waals surface area (Å²) >= 11 is 0. The number of aromatic nitrogens is 2. The number of carbonyl (C=O) groups is 2. The smallest absolute Gasteiger partial charge is 0.259 e. The highest BCUT2D eigenvalue weighted by atomic mass is 16.3. The minimum absolute atomic E-state index is 0.146. The van der Waals surface area contributed by atoms with Gasteiger partial charge in [0.05, 0.1) is 16.7 Å². The Kier molecular flexibility index (Phi) is 4.60. The second-order valence-corrected chi connectivity index (χ2v) is 7.65. The number of imide groups is 1. The number of nitrogens with one attached hydrogen (secondary N) is 3. The summed E-state index contributed by atoms with van der Waals surface area (Å²) in [5.41, 5.74) is 3.55. The molecule has 156 valence electrons. The molecule has 31 heavy (non-hydrogen) atoms. The first-order valence-corrected chi connectivity index (χ1v) is 10.2. The molecule has 0 radical (unpaired) electrons. The van der Waals surface area contributed by atoms with E-state index in [-0.39, 0.29) is 5.75 Å². The van der Waals surface area contributed by atoms with Crippen molar-refractivity contribution in [3.8, 4) is 5.75 Å². The highest BCUT2D eigenvalue weighted by molar-refractivity contribution is 6.50. The third-order valence-electron chi connectivity index (χ3n) is 5.76. The van der Waals surface area contributed by atoms with Crippen molar-refractivity contribution in [3.05, 3.63) is 66.0 Å². The molecule has 1 aliphatic heterocycles. The van der Waals surface area contributed by atoms with Gasteiger partial charge < -0.3 is 20.0 Å². The quantitative estimate of drug-likeness (QED) is 0.288. The Bertz CT molecular complexity index is 1380. The first-order valence-electron chi connectivity index (χ1n) is 10.2. The highest BCUT2D eigenvalue weighted by Crippen LogP contribution is 2.39. The van der Waals surface area contributed by atoms with Crippen LogP contribution in [0.1, 0.15) is 17.5 Å². The Labute approximate surface area is 178 Å². The zero-order valence-corrected chi connectivity index (χ0v) is 17.0. The van der Waals surface area contributed by atoms with E-state index in [0.29, 0.717) is 34.3 Å². The number of para-hydroxylation sites is 2. The van der Waals surface area contributed by atoms with Crippen molar-refractivity contribution in [3.63, 3.8) is 0 Å². The van der Waals surface area contributed by atoms with Crippen molar-refractivity contribution in [2.75, 3.05) is 13.6 Å². The summed E-state index contributed by atoms with van der Waals surface area (Å²) in [5.74, 6) is -0.698. The highest BCUT2D eigenvalue weighted by Gasteiger charge is 2.35. The molecule has 2 amide bonds. The van der Waals surface area contributed by atoms with Crippen LogP contribution in [0.15, 0.2) is 54.9 Å². The fourth-order valence-corrected chi connectivity index (χ4v) is 4.39. The van der Waals surface area contributed by atoms with Crippen LogP contribution in [0.3, 0.4) is 0 Å². The number of aryl methyl sites for hydroxylation is 1. The van der Waals surface area contributed by atoms with Crippen LogP contribution in [0.5, 0.6) is 5.75 Å². The van der Waals surface area contributed by atoms with Gasteiger partial charge >= 0.3 is 0 Å². The van der Waals surface area contributed by atoms with E-state index in [4.69, 9.17) is 0 Å². The number of phenolic OH excluding ortho intramolecular Hbond substituents is 1. The van der Waals surface area contributed by atoms with Gasteiger partial charge in [0.25, 0.3) is 11.8 Å². The third kappa shape index (κ3) is 3.02.